The van der Waals surface area contributed by atoms with Crippen molar-refractivity contribution in [3.8, 4) is 5.75 Å². The third-order valence-corrected chi connectivity index (χ3v) is 7.49. The normalized spacial score (nSPS) is 23.1. The predicted octanol–water partition coefficient (Wildman–Crippen LogP) is 2.35. The fourth-order valence-electron chi connectivity index (χ4n) is 5.24. The molecule has 2 atom stereocenters. The van der Waals surface area contributed by atoms with E-state index >= 15 is 0 Å². The van der Waals surface area contributed by atoms with Crippen molar-refractivity contribution in [1.29, 1.82) is 0 Å². The molecule has 1 spiro atoms. The molecule has 4 rings (SSSR count). The van der Waals surface area contributed by atoms with E-state index < -0.39 is 12.2 Å². The van der Waals surface area contributed by atoms with Crippen molar-refractivity contribution in [2.24, 2.45) is 5.41 Å². The smallest absolute Gasteiger partial charge is 0.260 e. The number of piperidine rings is 1. The largest absolute Gasteiger partial charge is 0.483 e. The van der Waals surface area contributed by atoms with Crippen LogP contribution in [0.3, 0.4) is 0 Å². The number of nitrogens with zero attached hydrogens (tertiary/aromatic N) is 2. The predicted molar refractivity (Wildman–Crippen MR) is 133 cm³/mol. The minimum Gasteiger partial charge on any atom is -0.483 e. The maximum Gasteiger partial charge on any atom is 0.260 e. The van der Waals surface area contributed by atoms with Gasteiger partial charge in [0.2, 0.25) is 5.91 Å². The minimum absolute atomic E-state index is 0.0800. The SMILES string of the molecule is Cc1ccc(CC(=O)N2CCC3(CC2)C[C@@H](O)[C@@H](O)Cc2ccccc2OCC(=O)N(C)C3)cc1. The molecule has 188 valence electrons. The Morgan fingerprint density at radius 1 is 1.06 bits per heavy atom. The van der Waals surface area contributed by atoms with Crippen LogP contribution in [0.15, 0.2) is 48.5 Å². The molecular weight excluding hydrogens is 444 g/mol. The van der Waals surface area contributed by atoms with Gasteiger partial charge in [-0.05, 0) is 48.8 Å². The van der Waals surface area contributed by atoms with Crippen LogP contribution in [0.1, 0.15) is 36.0 Å². The lowest BCUT2D eigenvalue weighted by molar-refractivity contribution is -0.138. The summed E-state index contributed by atoms with van der Waals surface area (Å²) in [5.74, 6) is 0.510. The average molecular weight is 481 g/mol. The molecule has 2 amide bonds. The van der Waals surface area contributed by atoms with Gasteiger partial charge < -0.3 is 24.7 Å². The molecule has 35 heavy (non-hydrogen) atoms. The molecule has 2 heterocycles. The minimum atomic E-state index is -0.946. The monoisotopic (exact) mass is 480 g/mol. The van der Waals surface area contributed by atoms with E-state index in [9.17, 15) is 19.8 Å². The van der Waals surface area contributed by atoms with Gasteiger partial charge >= 0.3 is 0 Å². The summed E-state index contributed by atoms with van der Waals surface area (Å²) in [5, 5.41) is 21.8. The summed E-state index contributed by atoms with van der Waals surface area (Å²) in [7, 11) is 1.75. The first-order valence-corrected chi connectivity index (χ1v) is 12.4. The zero-order valence-electron chi connectivity index (χ0n) is 20.7. The summed E-state index contributed by atoms with van der Waals surface area (Å²) in [6, 6.07) is 15.3. The second-order valence-electron chi connectivity index (χ2n) is 10.2. The number of aliphatic hydroxyl groups excluding tert-OH is 2. The van der Waals surface area contributed by atoms with E-state index in [2.05, 4.69) is 0 Å². The fraction of sp³-hybridized carbons (Fsp3) is 0.500. The van der Waals surface area contributed by atoms with Crippen LogP contribution in [0.2, 0.25) is 0 Å². The van der Waals surface area contributed by atoms with Crippen molar-refractivity contribution in [2.45, 2.75) is 51.2 Å². The number of ether oxygens (including phenoxy) is 1. The molecule has 2 N–H and O–H groups in total. The molecule has 2 aliphatic rings. The van der Waals surface area contributed by atoms with E-state index in [0.29, 0.717) is 51.1 Å². The van der Waals surface area contributed by atoms with Crippen LogP contribution in [0.5, 0.6) is 5.75 Å². The highest BCUT2D eigenvalue weighted by molar-refractivity contribution is 5.79. The first kappa shape index (κ1) is 25.2. The van der Waals surface area contributed by atoms with Crippen molar-refractivity contribution in [2.75, 3.05) is 33.3 Å². The number of benzene rings is 2. The Morgan fingerprint density at radius 2 is 1.74 bits per heavy atom. The van der Waals surface area contributed by atoms with Gasteiger partial charge in [0.25, 0.3) is 5.91 Å². The molecule has 0 radical (unpaired) electrons. The first-order valence-electron chi connectivity index (χ1n) is 12.4. The highest BCUT2D eigenvalue weighted by Crippen LogP contribution is 2.38. The van der Waals surface area contributed by atoms with Crippen LogP contribution in [-0.4, -0.2) is 77.3 Å². The van der Waals surface area contributed by atoms with Crippen molar-refractivity contribution in [3.05, 3.63) is 65.2 Å². The Morgan fingerprint density at radius 3 is 2.46 bits per heavy atom. The summed E-state index contributed by atoms with van der Waals surface area (Å²) in [6.45, 7) is 3.52. The van der Waals surface area contributed by atoms with E-state index in [0.717, 1.165) is 16.7 Å². The average Bonchev–Trinajstić information content (AvgIpc) is 2.84. The number of carbonyl (C=O) groups excluding carboxylic acids is 2. The van der Waals surface area contributed by atoms with Gasteiger partial charge in [-0.15, -0.1) is 0 Å². The molecule has 7 nitrogen and oxygen atoms in total. The van der Waals surface area contributed by atoms with Crippen molar-refractivity contribution in [1.82, 2.24) is 9.80 Å². The van der Waals surface area contributed by atoms with Gasteiger partial charge in [-0.3, -0.25) is 9.59 Å². The molecule has 2 aliphatic heterocycles. The van der Waals surface area contributed by atoms with Crippen molar-refractivity contribution >= 4 is 11.8 Å². The van der Waals surface area contributed by atoms with E-state index in [1.54, 1.807) is 18.0 Å². The highest BCUT2D eigenvalue weighted by atomic mass is 16.5. The molecule has 7 heteroatoms. The Bertz CT molecular complexity index is 1030. The second-order valence-corrected chi connectivity index (χ2v) is 10.2. The molecule has 0 saturated carbocycles. The van der Waals surface area contributed by atoms with Gasteiger partial charge in [0.05, 0.1) is 18.6 Å². The van der Waals surface area contributed by atoms with E-state index in [-0.39, 0.29) is 30.3 Å². The molecule has 0 bridgehead atoms. The van der Waals surface area contributed by atoms with Crippen LogP contribution in [0.4, 0.5) is 0 Å². The van der Waals surface area contributed by atoms with Crippen LogP contribution in [-0.2, 0) is 22.4 Å². The summed E-state index contributed by atoms with van der Waals surface area (Å²) in [4.78, 5) is 29.3. The van der Waals surface area contributed by atoms with E-state index in [4.69, 9.17) is 4.74 Å². The van der Waals surface area contributed by atoms with Crippen LogP contribution in [0, 0.1) is 12.3 Å². The quantitative estimate of drug-likeness (QED) is 0.689. The van der Waals surface area contributed by atoms with Crippen molar-refractivity contribution < 1.29 is 24.5 Å². The van der Waals surface area contributed by atoms with Crippen molar-refractivity contribution in [3.63, 3.8) is 0 Å². The zero-order chi connectivity index (χ0) is 25.0. The van der Waals surface area contributed by atoms with E-state index in [1.807, 2.05) is 54.3 Å². The summed E-state index contributed by atoms with van der Waals surface area (Å²) in [6.07, 6.45) is 0.410. The number of aliphatic hydroxyl groups is 2. The number of amides is 2. The van der Waals surface area contributed by atoms with Crippen LogP contribution < -0.4 is 4.74 Å². The topological polar surface area (TPSA) is 90.3 Å². The zero-order valence-corrected chi connectivity index (χ0v) is 20.7. The Hall–Kier alpha value is -2.90. The number of likely N-dealkylation sites (tertiary alicyclic amines) is 1. The van der Waals surface area contributed by atoms with Gasteiger partial charge in [0, 0.05) is 33.1 Å². The molecule has 0 aliphatic carbocycles. The molecule has 1 fully saturated rings. The lowest BCUT2D eigenvalue weighted by atomic mass is 9.72. The van der Waals surface area contributed by atoms with Gasteiger partial charge in [-0.25, -0.2) is 0 Å². The number of para-hydroxylation sites is 1. The van der Waals surface area contributed by atoms with Gasteiger partial charge in [-0.2, -0.15) is 0 Å². The molecule has 0 unspecified atom stereocenters. The second kappa shape index (κ2) is 10.8. The summed E-state index contributed by atoms with van der Waals surface area (Å²) >= 11 is 0. The van der Waals surface area contributed by atoms with Crippen LogP contribution in [0.25, 0.3) is 0 Å². The molecular formula is C28H36N2O5. The van der Waals surface area contributed by atoms with Gasteiger partial charge in [-0.1, -0.05) is 48.0 Å². The molecule has 2 aromatic rings. The number of rotatable bonds is 2. The van der Waals surface area contributed by atoms with E-state index in [1.165, 1.54) is 0 Å². The maximum absolute atomic E-state index is 12.9. The number of fused-ring (bicyclic) bond motifs is 1. The lowest BCUT2D eigenvalue weighted by Gasteiger charge is -2.45. The first-order chi connectivity index (χ1) is 16.7. The number of carbonyl (C=O) groups is 2. The van der Waals surface area contributed by atoms with Gasteiger partial charge in [0.15, 0.2) is 6.61 Å². The molecule has 0 aromatic heterocycles. The van der Waals surface area contributed by atoms with Gasteiger partial charge in [0.1, 0.15) is 5.75 Å². The number of hydrogen-bond acceptors (Lipinski definition) is 5. The molecule has 2 aromatic carbocycles. The Kier molecular flexibility index (Phi) is 7.77. The third-order valence-electron chi connectivity index (χ3n) is 7.49. The number of likely N-dealkylation sites (N-methyl/N-ethyl adjacent to an activating group) is 1. The maximum atomic E-state index is 12.9. The number of hydrogen-bond donors (Lipinski definition) is 2. The Labute approximate surface area is 207 Å². The standard InChI is InChI=1S/C28H36N2O5/c1-20-7-9-21(10-8-20)15-26(33)30-13-11-28(12-14-30)17-24(32)23(31)16-22-5-3-4-6-25(22)35-18-27(34)29(2)19-28/h3-10,23-24,31-32H,11-19H2,1-2H3/t23-,24+/m0/s1. The number of aryl methyl sites for hydroxylation is 1. The summed E-state index contributed by atoms with van der Waals surface area (Å²) in [5.41, 5.74) is 2.54. The lowest BCUT2D eigenvalue weighted by Crippen LogP contribution is -2.51. The Balaban J connectivity index is 1.47. The van der Waals surface area contributed by atoms with Crippen LogP contribution >= 0.6 is 0 Å². The fourth-order valence-corrected chi connectivity index (χ4v) is 5.24. The highest BCUT2D eigenvalue weighted by Gasteiger charge is 2.40. The summed E-state index contributed by atoms with van der Waals surface area (Å²) < 4.78 is 5.78. The molecule has 1 saturated heterocycles. The third kappa shape index (κ3) is 6.21.